The highest BCUT2D eigenvalue weighted by molar-refractivity contribution is 7.32. The number of hydrogen-bond acceptors (Lipinski definition) is 5. The molecular weight excluding hydrogens is 371 g/mol. The molecule has 2 aromatic heterocycles. The van der Waals surface area contributed by atoms with Gasteiger partial charge in [0.05, 0.1) is 6.33 Å². The molecule has 9 nitrogen and oxygen atoms in total. The predicted octanol–water partition coefficient (Wildman–Crippen LogP) is 1.39. The smallest absolute Gasteiger partial charge is 0.320 e. The van der Waals surface area contributed by atoms with Gasteiger partial charge in [-0.25, -0.2) is 9.78 Å². The number of imidazole rings is 1. The van der Waals surface area contributed by atoms with Crippen LogP contribution in [0.2, 0.25) is 0 Å². The lowest BCUT2D eigenvalue weighted by Gasteiger charge is -2.09. The van der Waals surface area contributed by atoms with Crippen molar-refractivity contribution >= 4 is 19.4 Å². The van der Waals surface area contributed by atoms with E-state index in [0.29, 0.717) is 30.6 Å². The Balaban J connectivity index is 1.90. The summed E-state index contributed by atoms with van der Waals surface area (Å²) >= 11 is 0. The highest BCUT2D eigenvalue weighted by Gasteiger charge is 2.16. The maximum Gasteiger partial charge on any atom is 0.694 e. The van der Waals surface area contributed by atoms with Crippen LogP contribution in [0.1, 0.15) is 18.4 Å². The molecule has 0 amide bonds. The van der Waals surface area contributed by atoms with Crippen LogP contribution in [0.5, 0.6) is 0 Å². The third-order valence-electron chi connectivity index (χ3n) is 4.28. The molecule has 0 aliphatic carbocycles. The molecule has 0 bridgehead atoms. The molecule has 10 heteroatoms. The van der Waals surface area contributed by atoms with E-state index in [1.807, 2.05) is 30.3 Å². The largest absolute Gasteiger partial charge is 0.694 e. The fraction of sp³-hybridized carbons (Fsp3) is 0.353. The Morgan fingerprint density at radius 3 is 2.63 bits per heavy atom. The minimum Gasteiger partial charge on any atom is -0.320 e. The first kappa shape index (κ1) is 19.2. The molecule has 0 fully saturated rings. The summed E-state index contributed by atoms with van der Waals surface area (Å²) in [5.41, 5.74) is 0.905. The van der Waals surface area contributed by atoms with E-state index in [9.17, 15) is 14.2 Å². The second-order valence-corrected chi connectivity index (χ2v) is 6.84. The molecule has 0 saturated heterocycles. The van der Waals surface area contributed by atoms with Crippen molar-refractivity contribution < 1.29 is 14.0 Å². The van der Waals surface area contributed by atoms with Gasteiger partial charge in [-0.15, -0.1) is 9.42 Å². The average Bonchev–Trinajstić information content (AvgIpc) is 3.06. The fourth-order valence-electron chi connectivity index (χ4n) is 2.93. The molecule has 1 atom stereocenters. The van der Waals surface area contributed by atoms with Gasteiger partial charge in [-0.05, 0) is 18.4 Å². The quantitative estimate of drug-likeness (QED) is 0.459. The van der Waals surface area contributed by atoms with Gasteiger partial charge in [0, 0.05) is 24.7 Å². The van der Waals surface area contributed by atoms with Crippen LogP contribution in [-0.2, 0) is 29.2 Å². The molecule has 1 N–H and O–H groups in total. The van der Waals surface area contributed by atoms with Crippen molar-refractivity contribution in [2.24, 2.45) is 7.05 Å². The van der Waals surface area contributed by atoms with E-state index in [2.05, 4.69) is 9.51 Å². The summed E-state index contributed by atoms with van der Waals surface area (Å²) in [5, 5.41) is 0. The SMILES string of the molecule is Cn1c(=O)n(CCCCO[P+](=O)O)c(=O)c2c1ncn2Cc1ccccc1. The first-order chi connectivity index (χ1) is 13.0. The zero-order valence-electron chi connectivity index (χ0n) is 14.8. The van der Waals surface area contributed by atoms with Crippen molar-refractivity contribution in [1.82, 2.24) is 18.7 Å². The van der Waals surface area contributed by atoms with Gasteiger partial charge in [0.15, 0.2) is 11.2 Å². The van der Waals surface area contributed by atoms with E-state index in [1.54, 1.807) is 17.9 Å². The Morgan fingerprint density at radius 1 is 1.19 bits per heavy atom. The van der Waals surface area contributed by atoms with E-state index in [0.717, 1.165) is 5.56 Å². The standard InChI is InChI=1S/C17H19N4O5P/c1-19-15-14(20(12-18-15)11-13-7-3-2-4-8-13)16(22)21(17(19)23)9-5-6-10-26-27(24)25/h2-4,7-8,12H,5-6,9-11H2,1H3/p+1. The van der Waals surface area contributed by atoms with E-state index >= 15 is 0 Å². The minimum atomic E-state index is -2.63. The van der Waals surface area contributed by atoms with E-state index in [1.165, 1.54) is 9.13 Å². The molecule has 0 saturated carbocycles. The second-order valence-electron chi connectivity index (χ2n) is 6.11. The number of unbranched alkanes of at least 4 members (excludes halogenated alkanes) is 1. The Hall–Kier alpha value is -2.61. The van der Waals surface area contributed by atoms with Gasteiger partial charge in [-0.2, -0.15) is 0 Å². The molecular formula is C17H20N4O5P+. The second kappa shape index (κ2) is 8.39. The van der Waals surface area contributed by atoms with Crippen molar-refractivity contribution in [3.63, 3.8) is 0 Å². The molecule has 0 aliphatic heterocycles. The van der Waals surface area contributed by atoms with Gasteiger partial charge in [-0.3, -0.25) is 13.9 Å². The number of aryl methyl sites for hydroxylation is 1. The molecule has 3 rings (SSSR count). The van der Waals surface area contributed by atoms with E-state index < -0.39 is 19.5 Å². The monoisotopic (exact) mass is 391 g/mol. The highest BCUT2D eigenvalue weighted by atomic mass is 31.1. The van der Waals surface area contributed by atoms with Crippen molar-refractivity contribution in [3.05, 3.63) is 63.1 Å². The summed E-state index contributed by atoms with van der Waals surface area (Å²) in [6.45, 7) is 0.765. The topological polar surface area (TPSA) is 108 Å². The van der Waals surface area contributed by atoms with Gasteiger partial charge < -0.3 is 4.57 Å². The van der Waals surface area contributed by atoms with E-state index in [4.69, 9.17) is 4.89 Å². The third kappa shape index (κ3) is 4.21. The number of aromatic nitrogens is 4. The molecule has 1 aromatic carbocycles. The molecule has 0 radical (unpaired) electrons. The van der Waals surface area contributed by atoms with Crippen LogP contribution in [0.15, 0.2) is 46.2 Å². The van der Waals surface area contributed by atoms with Gasteiger partial charge in [0.25, 0.3) is 5.56 Å². The van der Waals surface area contributed by atoms with Crippen LogP contribution in [0.4, 0.5) is 0 Å². The Kier molecular flexibility index (Phi) is 5.95. The number of rotatable bonds is 8. The van der Waals surface area contributed by atoms with Crippen LogP contribution in [0.25, 0.3) is 11.2 Å². The lowest BCUT2D eigenvalue weighted by Crippen LogP contribution is -2.39. The first-order valence-corrected chi connectivity index (χ1v) is 9.59. The van der Waals surface area contributed by atoms with Crippen molar-refractivity contribution in [2.45, 2.75) is 25.9 Å². The summed E-state index contributed by atoms with van der Waals surface area (Å²) in [6.07, 6.45) is 2.49. The van der Waals surface area contributed by atoms with Crippen molar-refractivity contribution in [3.8, 4) is 0 Å². The van der Waals surface area contributed by atoms with Crippen LogP contribution < -0.4 is 11.2 Å². The highest BCUT2D eigenvalue weighted by Crippen LogP contribution is 2.15. The Bertz CT molecular complexity index is 1070. The Labute approximate surface area is 155 Å². The summed E-state index contributed by atoms with van der Waals surface area (Å²) < 4.78 is 19.4. The molecule has 142 valence electrons. The molecule has 0 aliphatic rings. The van der Waals surface area contributed by atoms with Gasteiger partial charge in [-0.1, -0.05) is 30.3 Å². The lowest BCUT2D eigenvalue weighted by atomic mass is 10.2. The Morgan fingerprint density at radius 2 is 1.93 bits per heavy atom. The summed E-state index contributed by atoms with van der Waals surface area (Å²) in [7, 11) is -1.05. The molecule has 1 unspecified atom stereocenters. The first-order valence-electron chi connectivity index (χ1n) is 8.46. The average molecular weight is 391 g/mol. The van der Waals surface area contributed by atoms with Crippen LogP contribution in [0.3, 0.4) is 0 Å². The number of fused-ring (bicyclic) bond motifs is 1. The van der Waals surface area contributed by atoms with Crippen LogP contribution >= 0.6 is 8.25 Å². The third-order valence-corrected chi connectivity index (χ3v) is 4.68. The van der Waals surface area contributed by atoms with Crippen LogP contribution in [0, 0.1) is 0 Å². The van der Waals surface area contributed by atoms with Gasteiger partial charge in [0.1, 0.15) is 6.61 Å². The van der Waals surface area contributed by atoms with Crippen molar-refractivity contribution in [1.29, 1.82) is 0 Å². The van der Waals surface area contributed by atoms with Gasteiger partial charge >= 0.3 is 13.9 Å². The molecule has 3 aromatic rings. The van der Waals surface area contributed by atoms with Crippen molar-refractivity contribution in [2.75, 3.05) is 6.61 Å². The normalized spacial score (nSPS) is 11.9. The zero-order chi connectivity index (χ0) is 19.4. The predicted molar refractivity (Wildman–Crippen MR) is 99.8 cm³/mol. The molecule has 2 heterocycles. The maximum absolute atomic E-state index is 12.9. The summed E-state index contributed by atoms with van der Waals surface area (Å²) in [5.74, 6) is 0. The van der Waals surface area contributed by atoms with E-state index in [-0.39, 0.29) is 13.2 Å². The number of hydrogen-bond donors (Lipinski definition) is 1. The van der Waals surface area contributed by atoms with Crippen LogP contribution in [-0.4, -0.2) is 30.2 Å². The molecule has 0 spiro atoms. The fourth-order valence-corrected chi connectivity index (χ4v) is 3.22. The lowest BCUT2D eigenvalue weighted by molar-refractivity contribution is 0.272. The van der Waals surface area contributed by atoms with Gasteiger partial charge in [0.2, 0.25) is 0 Å². The summed E-state index contributed by atoms with van der Waals surface area (Å²) in [6, 6.07) is 9.68. The molecule has 27 heavy (non-hydrogen) atoms. The number of nitrogens with zero attached hydrogens (tertiary/aromatic N) is 4. The summed E-state index contributed by atoms with van der Waals surface area (Å²) in [4.78, 5) is 38.3. The maximum atomic E-state index is 12.9. The number of benzene rings is 1. The minimum absolute atomic E-state index is 0.0922. The zero-order valence-corrected chi connectivity index (χ0v) is 15.7.